The standard InChI is InChI=1S/C8Cl4F6/c9-3-1(7(13,14)15)4(10)6(12)2(5(3)11)8(16,17)18. The van der Waals surface area contributed by atoms with Gasteiger partial charge in [-0.25, -0.2) is 0 Å². The van der Waals surface area contributed by atoms with Crippen molar-refractivity contribution in [1.82, 2.24) is 0 Å². The molecule has 0 heterocycles. The largest absolute Gasteiger partial charge is 0.419 e. The maximum atomic E-state index is 12.5. The molecular weight excluding hydrogens is 352 g/mol. The molecule has 0 aromatic heterocycles. The summed E-state index contributed by atoms with van der Waals surface area (Å²) in [6, 6.07) is 0. The zero-order valence-corrected chi connectivity index (χ0v) is 10.8. The lowest BCUT2D eigenvalue weighted by Gasteiger charge is -2.18. The molecule has 18 heavy (non-hydrogen) atoms. The number of benzene rings is 1. The normalized spacial score (nSPS) is 13.0. The van der Waals surface area contributed by atoms with E-state index in [1.165, 1.54) is 0 Å². The Morgan fingerprint density at radius 2 is 0.667 bits per heavy atom. The smallest absolute Gasteiger partial charge is 0.166 e. The van der Waals surface area contributed by atoms with Gasteiger partial charge in [0, 0.05) is 0 Å². The summed E-state index contributed by atoms with van der Waals surface area (Å²) in [5.41, 5.74) is -3.40. The Labute approximate surface area is 116 Å². The van der Waals surface area contributed by atoms with Crippen LogP contribution in [-0.2, 0) is 12.4 Å². The fraction of sp³-hybridized carbons (Fsp3) is 0.250. The number of hydrogen-bond acceptors (Lipinski definition) is 0. The first kappa shape index (κ1) is 16.0. The summed E-state index contributed by atoms with van der Waals surface area (Å²) >= 11 is 20.7. The third-order valence-electron chi connectivity index (χ3n) is 1.83. The number of hydrogen-bond donors (Lipinski definition) is 0. The zero-order chi connectivity index (χ0) is 14.5. The molecule has 0 spiro atoms. The van der Waals surface area contributed by atoms with Crippen LogP contribution in [0.4, 0.5) is 26.3 Å². The van der Waals surface area contributed by atoms with E-state index in [0.29, 0.717) is 0 Å². The van der Waals surface area contributed by atoms with Crippen LogP contribution in [0.1, 0.15) is 11.1 Å². The lowest BCUT2D eigenvalue weighted by atomic mass is 10.1. The second-order valence-electron chi connectivity index (χ2n) is 3.00. The Kier molecular flexibility index (Phi) is 4.28. The second-order valence-corrected chi connectivity index (χ2v) is 4.51. The van der Waals surface area contributed by atoms with E-state index in [4.69, 9.17) is 46.4 Å². The Hall–Kier alpha value is -0.0400. The SMILES string of the molecule is FC(F)(F)c1c(Cl)c(Cl)c(C(F)(F)F)c(Cl)c1Cl. The van der Waals surface area contributed by atoms with Crippen LogP contribution in [0.5, 0.6) is 0 Å². The molecule has 0 N–H and O–H groups in total. The van der Waals surface area contributed by atoms with Crippen molar-refractivity contribution < 1.29 is 26.3 Å². The van der Waals surface area contributed by atoms with Crippen molar-refractivity contribution in [2.45, 2.75) is 12.4 Å². The van der Waals surface area contributed by atoms with Crippen LogP contribution in [-0.4, -0.2) is 0 Å². The lowest BCUT2D eigenvalue weighted by molar-refractivity contribution is -0.141. The van der Waals surface area contributed by atoms with Gasteiger partial charge in [0.2, 0.25) is 0 Å². The predicted octanol–water partition coefficient (Wildman–Crippen LogP) is 6.34. The van der Waals surface area contributed by atoms with Gasteiger partial charge in [-0.1, -0.05) is 46.4 Å². The summed E-state index contributed by atoms with van der Waals surface area (Å²) in [7, 11) is 0. The van der Waals surface area contributed by atoms with E-state index in [2.05, 4.69) is 0 Å². The minimum absolute atomic E-state index is 1.34. The van der Waals surface area contributed by atoms with Gasteiger partial charge >= 0.3 is 12.4 Å². The molecule has 0 amide bonds. The first-order valence-electron chi connectivity index (χ1n) is 3.89. The van der Waals surface area contributed by atoms with Crippen LogP contribution in [0.3, 0.4) is 0 Å². The van der Waals surface area contributed by atoms with Gasteiger partial charge in [0.25, 0.3) is 0 Å². The average Bonchev–Trinajstić information content (AvgIpc) is 2.10. The highest BCUT2D eigenvalue weighted by molar-refractivity contribution is 6.49. The molecule has 0 fully saturated rings. The molecule has 10 heteroatoms. The Bertz CT molecular complexity index is 416. The van der Waals surface area contributed by atoms with Crippen molar-refractivity contribution in [1.29, 1.82) is 0 Å². The summed E-state index contributed by atoms with van der Waals surface area (Å²) in [6.07, 6.45) is -10.2. The van der Waals surface area contributed by atoms with Crippen LogP contribution in [0, 0.1) is 0 Å². The molecule has 0 nitrogen and oxygen atoms in total. The molecule has 0 aliphatic heterocycles. The van der Waals surface area contributed by atoms with E-state index in [9.17, 15) is 26.3 Å². The lowest BCUT2D eigenvalue weighted by Crippen LogP contribution is -2.13. The van der Waals surface area contributed by atoms with Crippen LogP contribution in [0.25, 0.3) is 0 Å². The predicted molar refractivity (Wildman–Crippen MR) is 56.5 cm³/mol. The van der Waals surface area contributed by atoms with E-state index in [1.807, 2.05) is 0 Å². The van der Waals surface area contributed by atoms with Gasteiger partial charge in [0.15, 0.2) is 0 Å². The van der Waals surface area contributed by atoms with Crippen LogP contribution in [0.15, 0.2) is 0 Å². The minimum Gasteiger partial charge on any atom is -0.166 e. The number of rotatable bonds is 0. The highest BCUT2D eigenvalue weighted by Crippen LogP contribution is 2.51. The maximum absolute atomic E-state index is 12.5. The molecule has 0 aliphatic rings. The third kappa shape index (κ3) is 2.76. The average molecular weight is 352 g/mol. The fourth-order valence-corrected chi connectivity index (χ4v) is 2.41. The summed E-state index contributed by atoms with van der Waals surface area (Å²) in [5, 5.41) is -5.37. The monoisotopic (exact) mass is 350 g/mol. The first-order valence-corrected chi connectivity index (χ1v) is 5.40. The zero-order valence-electron chi connectivity index (χ0n) is 7.78. The Morgan fingerprint density at radius 3 is 0.778 bits per heavy atom. The van der Waals surface area contributed by atoms with Gasteiger partial charge in [-0.2, -0.15) is 26.3 Å². The van der Waals surface area contributed by atoms with E-state index in [0.717, 1.165) is 0 Å². The maximum Gasteiger partial charge on any atom is 0.419 e. The van der Waals surface area contributed by atoms with E-state index in [1.54, 1.807) is 0 Å². The van der Waals surface area contributed by atoms with Gasteiger partial charge in [-0.05, 0) is 0 Å². The van der Waals surface area contributed by atoms with E-state index < -0.39 is 43.6 Å². The molecule has 0 atom stereocenters. The number of alkyl halides is 6. The van der Waals surface area contributed by atoms with E-state index >= 15 is 0 Å². The molecule has 0 unspecified atom stereocenters. The summed E-state index contributed by atoms with van der Waals surface area (Å²) < 4.78 is 75.2. The highest BCUT2D eigenvalue weighted by atomic mass is 35.5. The molecule has 0 bridgehead atoms. The molecule has 1 aromatic carbocycles. The van der Waals surface area contributed by atoms with Crippen molar-refractivity contribution >= 4 is 46.4 Å². The number of halogens is 10. The van der Waals surface area contributed by atoms with Gasteiger partial charge < -0.3 is 0 Å². The van der Waals surface area contributed by atoms with Gasteiger partial charge in [0.05, 0.1) is 31.2 Å². The summed E-state index contributed by atoms with van der Waals surface area (Å²) in [5.74, 6) is 0. The molecular formula is C8Cl4F6. The topological polar surface area (TPSA) is 0 Å². The molecule has 0 saturated heterocycles. The molecule has 0 radical (unpaired) electrons. The van der Waals surface area contributed by atoms with Crippen molar-refractivity contribution in [2.24, 2.45) is 0 Å². The van der Waals surface area contributed by atoms with Crippen LogP contribution >= 0.6 is 46.4 Å². The highest BCUT2D eigenvalue weighted by Gasteiger charge is 2.44. The summed E-state index contributed by atoms with van der Waals surface area (Å²) in [6.45, 7) is 0. The van der Waals surface area contributed by atoms with Crippen molar-refractivity contribution in [3.63, 3.8) is 0 Å². The summed E-state index contributed by atoms with van der Waals surface area (Å²) in [4.78, 5) is 0. The van der Waals surface area contributed by atoms with Crippen molar-refractivity contribution in [2.75, 3.05) is 0 Å². The third-order valence-corrected chi connectivity index (χ3v) is 3.54. The van der Waals surface area contributed by atoms with Crippen LogP contribution < -0.4 is 0 Å². The molecule has 1 rings (SSSR count). The van der Waals surface area contributed by atoms with E-state index in [-0.39, 0.29) is 0 Å². The second kappa shape index (κ2) is 4.81. The van der Waals surface area contributed by atoms with Crippen molar-refractivity contribution in [3.05, 3.63) is 31.2 Å². The quantitative estimate of drug-likeness (QED) is 0.378. The minimum atomic E-state index is -5.08. The Balaban J connectivity index is 3.79. The van der Waals surface area contributed by atoms with Gasteiger partial charge in [-0.3, -0.25) is 0 Å². The Morgan fingerprint density at radius 1 is 0.500 bits per heavy atom. The van der Waals surface area contributed by atoms with Crippen molar-refractivity contribution in [3.8, 4) is 0 Å². The first-order chi connectivity index (χ1) is 7.89. The fourth-order valence-electron chi connectivity index (χ4n) is 1.13. The molecule has 1 aromatic rings. The van der Waals surface area contributed by atoms with Crippen LogP contribution in [0.2, 0.25) is 20.1 Å². The molecule has 0 saturated carbocycles. The van der Waals surface area contributed by atoms with Gasteiger partial charge in [0.1, 0.15) is 0 Å². The van der Waals surface area contributed by atoms with Gasteiger partial charge in [-0.15, -0.1) is 0 Å². The molecule has 102 valence electrons. The molecule has 0 aliphatic carbocycles.